The van der Waals surface area contributed by atoms with Crippen LogP contribution in [-0.2, 0) is 6.54 Å². The zero-order chi connectivity index (χ0) is 36.4. The van der Waals surface area contributed by atoms with Crippen molar-refractivity contribution in [2.45, 2.75) is 32.0 Å². The van der Waals surface area contributed by atoms with Crippen molar-refractivity contribution < 1.29 is 28.3 Å². The van der Waals surface area contributed by atoms with Crippen LogP contribution in [0.2, 0.25) is 0 Å². The molecule has 0 saturated carbocycles. The fourth-order valence-corrected chi connectivity index (χ4v) is 6.93. The molecule has 0 spiro atoms. The smallest absolute Gasteiger partial charge is 0.255 e. The predicted molar refractivity (Wildman–Crippen MR) is 211 cm³/mol. The Labute approximate surface area is 311 Å². The summed E-state index contributed by atoms with van der Waals surface area (Å²) in [6.07, 6.45) is 29.2. The molecular weight excluding hydrogens is 645 g/mol. The van der Waals surface area contributed by atoms with Gasteiger partial charge in [0.05, 0.1) is 66.5 Å². The molecule has 0 fully saturated rings. The lowest BCUT2D eigenvalue weighted by Crippen LogP contribution is -2.82. The molecule has 1 aromatic heterocycles. The summed E-state index contributed by atoms with van der Waals surface area (Å²) < 4.78 is 16.4. The Hall–Kier alpha value is -4.89. The number of nitrogens with zero attached hydrogens (tertiary/aromatic N) is 5. The Morgan fingerprint density at radius 2 is 1.44 bits per heavy atom. The minimum absolute atomic E-state index is 0.000500. The summed E-state index contributed by atoms with van der Waals surface area (Å²) >= 11 is 0. The van der Waals surface area contributed by atoms with Gasteiger partial charge in [-0.05, 0) is 47.6 Å². The average Bonchev–Trinajstić information content (AvgIpc) is 3.69. The lowest BCUT2D eigenvalue weighted by Gasteiger charge is -2.34. The van der Waals surface area contributed by atoms with Crippen LogP contribution >= 0.6 is 0 Å². The van der Waals surface area contributed by atoms with Gasteiger partial charge in [-0.2, -0.15) is 0 Å². The number of aryl methyl sites for hydroxylation is 1. The minimum atomic E-state index is 0.000500. The van der Waals surface area contributed by atoms with Crippen molar-refractivity contribution in [2.24, 2.45) is 0 Å². The van der Waals surface area contributed by atoms with Gasteiger partial charge in [0.2, 0.25) is 0 Å². The van der Waals surface area contributed by atoms with Crippen LogP contribution in [0.4, 0.5) is 11.4 Å². The predicted octanol–water partition coefficient (Wildman–Crippen LogP) is 6.12. The van der Waals surface area contributed by atoms with Gasteiger partial charge >= 0.3 is 0 Å². The first-order chi connectivity index (χ1) is 25.1. The molecule has 52 heavy (non-hydrogen) atoms. The van der Waals surface area contributed by atoms with Gasteiger partial charge in [-0.25, -0.2) is 4.57 Å². The van der Waals surface area contributed by atoms with E-state index in [0.717, 1.165) is 51.5 Å². The van der Waals surface area contributed by atoms with Gasteiger partial charge in [-0.15, -0.1) is 0 Å². The summed E-state index contributed by atoms with van der Waals surface area (Å²) in [6.45, 7) is 6.83. The van der Waals surface area contributed by atoms with E-state index in [-0.39, 0.29) is 6.23 Å². The number of hydrogen-bond donors (Lipinski definition) is 1. The zero-order valence-electron chi connectivity index (χ0n) is 31.8. The van der Waals surface area contributed by atoms with Crippen molar-refractivity contribution in [1.82, 2.24) is 4.90 Å². The molecule has 0 radical (unpaired) electrons. The number of hydrogen-bond acceptors (Lipinski definition) is 4. The molecule has 3 aromatic rings. The highest BCUT2D eigenvalue weighted by Gasteiger charge is 2.24. The van der Waals surface area contributed by atoms with Crippen molar-refractivity contribution in [1.29, 1.82) is 0 Å². The standard InChI is InChI=1S/C44H57N6O2/c1-46-40-18-7-9-20-42(40)52-44(46)22-11-16-38-25-31-48(32-26-38)28-13-34-50(4,5)36-14-35-49(2,3)33-12-27-47-29-23-37(24-30-47)15-10-21-43-45-39-17-6-8-19-41(39)51-43/h6-11,15-26,29-32,43,45H,12-14,27-28,33-36H2,1-5H3/q+3/p+1/b21-10+. The van der Waals surface area contributed by atoms with Gasteiger partial charge in [0.25, 0.3) is 6.23 Å². The second kappa shape index (κ2) is 17.1. The number of rotatable bonds is 16. The van der Waals surface area contributed by atoms with Gasteiger partial charge in [0.15, 0.2) is 42.0 Å². The number of allylic oxidation sites excluding steroid dienone is 7. The van der Waals surface area contributed by atoms with E-state index in [1.165, 1.54) is 55.8 Å². The summed E-state index contributed by atoms with van der Waals surface area (Å²) in [5.74, 6) is 2.70. The van der Waals surface area contributed by atoms with Crippen LogP contribution in [0.25, 0.3) is 6.08 Å². The van der Waals surface area contributed by atoms with E-state index in [1.807, 2.05) is 49.5 Å². The molecule has 2 N–H and O–H groups in total. The average molecular weight is 703 g/mol. The molecule has 1 atom stereocenters. The quantitative estimate of drug-likeness (QED) is 0.111. The molecule has 0 saturated heterocycles. The third kappa shape index (κ3) is 10.6. The second-order valence-corrected chi connectivity index (χ2v) is 15.4. The first-order valence-corrected chi connectivity index (χ1v) is 18.8. The summed E-state index contributed by atoms with van der Waals surface area (Å²) in [6, 6.07) is 20.6. The molecular formula is C44H58N6O2+4. The highest BCUT2D eigenvalue weighted by atomic mass is 16.5. The Balaban J connectivity index is 0.831. The van der Waals surface area contributed by atoms with Crippen LogP contribution in [0.15, 0.2) is 139 Å². The Kier molecular flexibility index (Phi) is 12.1. The first kappa shape index (κ1) is 36.9. The number of benzene rings is 2. The van der Waals surface area contributed by atoms with Crippen LogP contribution in [0, 0.1) is 0 Å². The zero-order valence-corrected chi connectivity index (χ0v) is 31.8. The van der Waals surface area contributed by atoms with E-state index in [0.29, 0.717) is 0 Å². The maximum Gasteiger partial charge on any atom is 0.255 e. The highest BCUT2D eigenvalue weighted by molar-refractivity contribution is 5.66. The molecule has 4 heterocycles. The first-order valence-electron chi connectivity index (χ1n) is 18.8. The van der Waals surface area contributed by atoms with E-state index < -0.39 is 0 Å². The maximum atomic E-state index is 5.97. The summed E-state index contributed by atoms with van der Waals surface area (Å²) in [7, 11) is 11.6. The third-order valence-corrected chi connectivity index (χ3v) is 10.1. The number of anilines is 1. The van der Waals surface area contributed by atoms with Crippen LogP contribution in [0.5, 0.6) is 11.5 Å². The summed E-state index contributed by atoms with van der Waals surface area (Å²) in [5.41, 5.74) is 4.64. The van der Waals surface area contributed by atoms with Gasteiger partial charge in [0.1, 0.15) is 0 Å². The molecule has 0 aliphatic carbocycles. The molecule has 1 unspecified atom stereocenters. The van der Waals surface area contributed by atoms with Gasteiger partial charge in [-0.1, -0.05) is 48.6 Å². The number of aromatic nitrogens is 1. The number of para-hydroxylation sites is 4. The summed E-state index contributed by atoms with van der Waals surface area (Å²) in [5, 5.41) is 2.16. The molecule has 6 rings (SSSR count). The van der Waals surface area contributed by atoms with Crippen molar-refractivity contribution in [3.63, 3.8) is 0 Å². The van der Waals surface area contributed by atoms with Crippen molar-refractivity contribution in [3.05, 3.63) is 145 Å². The number of nitrogens with two attached hydrogens (primary N) is 1. The van der Waals surface area contributed by atoms with E-state index in [4.69, 9.17) is 9.47 Å². The topological polar surface area (TPSA) is 45.4 Å². The monoisotopic (exact) mass is 702 g/mol. The van der Waals surface area contributed by atoms with Crippen LogP contribution < -0.4 is 24.3 Å². The summed E-state index contributed by atoms with van der Waals surface area (Å²) in [4.78, 5) is 4.38. The van der Waals surface area contributed by atoms with E-state index in [9.17, 15) is 0 Å². The maximum absolute atomic E-state index is 5.97. The molecule has 272 valence electrons. The van der Waals surface area contributed by atoms with Gasteiger partial charge < -0.3 is 28.2 Å². The minimum Gasteiger partial charge on any atom is -0.439 e. The fraction of sp³-hybridized carbons (Fsp3) is 0.341. The Morgan fingerprint density at radius 3 is 2.17 bits per heavy atom. The van der Waals surface area contributed by atoms with Crippen LogP contribution in [-0.4, -0.2) is 88.1 Å². The second-order valence-electron chi connectivity index (χ2n) is 15.4. The Morgan fingerprint density at radius 1 is 0.769 bits per heavy atom. The Bertz CT molecular complexity index is 1790. The molecule has 0 bridgehead atoms. The SMILES string of the molecule is CN1C(=CC=Cc2cc[n+](CCC[N+](C)(C)CCC[N+](C)(C)CCCN3C=CC(=C/C=C/C4[NH2+]c5ccccc5O4)C=C3)cc2)Oc2ccccc21. The van der Waals surface area contributed by atoms with E-state index >= 15 is 0 Å². The fourth-order valence-electron chi connectivity index (χ4n) is 6.93. The van der Waals surface area contributed by atoms with E-state index in [2.05, 4.69) is 139 Å². The van der Waals surface area contributed by atoms with Gasteiger partial charge in [-0.3, -0.25) is 5.32 Å². The van der Waals surface area contributed by atoms with Gasteiger partial charge in [0, 0.05) is 63.1 Å². The lowest BCUT2D eigenvalue weighted by molar-refractivity contribution is -0.910. The molecule has 8 nitrogen and oxygen atoms in total. The number of fused-ring (bicyclic) bond motifs is 2. The van der Waals surface area contributed by atoms with Crippen molar-refractivity contribution in [2.75, 3.05) is 72.9 Å². The van der Waals surface area contributed by atoms with E-state index in [1.54, 1.807) is 0 Å². The molecule has 3 aliphatic rings. The molecule has 2 aromatic carbocycles. The van der Waals surface area contributed by atoms with Crippen LogP contribution in [0.3, 0.4) is 0 Å². The highest BCUT2D eigenvalue weighted by Crippen LogP contribution is 2.37. The lowest BCUT2D eigenvalue weighted by atomic mass is 10.2. The number of pyridine rings is 1. The largest absolute Gasteiger partial charge is 0.439 e. The van der Waals surface area contributed by atoms with Crippen molar-refractivity contribution >= 4 is 17.5 Å². The number of quaternary nitrogens is 3. The molecule has 8 heteroatoms. The van der Waals surface area contributed by atoms with Crippen molar-refractivity contribution in [3.8, 4) is 11.5 Å². The molecule has 3 aliphatic heterocycles. The third-order valence-electron chi connectivity index (χ3n) is 10.1. The normalized spacial score (nSPS) is 17.7. The van der Waals surface area contributed by atoms with Crippen LogP contribution in [0.1, 0.15) is 24.8 Å². The number of ether oxygens (including phenoxy) is 2. The molecule has 0 amide bonds.